The molecule has 1 aromatic heterocycles. The molecular weight excluding hydrogens is 368 g/mol. The van der Waals surface area contributed by atoms with Crippen molar-refractivity contribution in [2.45, 2.75) is 32.9 Å². The summed E-state index contributed by atoms with van der Waals surface area (Å²) in [5.74, 6) is 0.193. The van der Waals surface area contributed by atoms with Crippen molar-refractivity contribution >= 4 is 22.6 Å². The monoisotopic (exact) mass is 390 g/mol. The first-order chi connectivity index (χ1) is 14.0. The first kappa shape index (κ1) is 18.9. The van der Waals surface area contributed by atoms with Crippen LogP contribution in [0.1, 0.15) is 41.0 Å². The summed E-state index contributed by atoms with van der Waals surface area (Å²) >= 11 is 0. The Morgan fingerprint density at radius 1 is 0.897 bits per heavy atom. The molecule has 2 aromatic carbocycles. The molecule has 0 unspecified atom stereocenters. The van der Waals surface area contributed by atoms with Gasteiger partial charge in [0.2, 0.25) is 0 Å². The molecule has 148 valence electrons. The predicted octanol–water partition coefficient (Wildman–Crippen LogP) is 3.48. The lowest BCUT2D eigenvalue weighted by Crippen LogP contribution is -2.32. The Bertz CT molecular complexity index is 1130. The Kier molecular flexibility index (Phi) is 4.92. The summed E-state index contributed by atoms with van der Waals surface area (Å²) in [6.07, 6.45) is 2.31. The molecule has 0 fully saturated rings. The van der Waals surface area contributed by atoms with Gasteiger partial charge in [-0.15, -0.1) is 0 Å². The predicted molar refractivity (Wildman–Crippen MR) is 110 cm³/mol. The van der Waals surface area contributed by atoms with Gasteiger partial charge in [-0.1, -0.05) is 12.1 Å². The van der Waals surface area contributed by atoms with Crippen LogP contribution in [0.15, 0.2) is 59.5 Å². The summed E-state index contributed by atoms with van der Waals surface area (Å²) in [6.45, 7) is 4.61. The minimum Gasteiger partial charge on any atom is -0.491 e. The lowest BCUT2D eigenvalue weighted by Gasteiger charge is -2.15. The van der Waals surface area contributed by atoms with Crippen molar-refractivity contribution in [1.29, 1.82) is 0 Å². The minimum atomic E-state index is -0.269. The smallest absolute Gasteiger partial charge is 0.261 e. The van der Waals surface area contributed by atoms with Gasteiger partial charge >= 0.3 is 0 Å². The number of hydrogen-bond donors (Lipinski definition) is 0. The van der Waals surface area contributed by atoms with Gasteiger partial charge in [-0.25, -0.2) is 0 Å². The van der Waals surface area contributed by atoms with Crippen LogP contribution in [0.3, 0.4) is 0 Å². The number of aryl methyl sites for hydroxylation is 1. The van der Waals surface area contributed by atoms with Crippen LogP contribution in [0.4, 0.5) is 0 Å². The minimum absolute atomic E-state index is 0.0648. The summed E-state index contributed by atoms with van der Waals surface area (Å²) < 4.78 is 7.30. The van der Waals surface area contributed by atoms with Crippen molar-refractivity contribution in [3.05, 3.63) is 76.2 Å². The lowest BCUT2D eigenvalue weighted by atomic mass is 10.1. The second-order valence-electron chi connectivity index (χ2n) is 7.39. The average molecular weight is 390 g/mol. The summed E-state index contributed by atoms with van der Waals surface area (Å²) in [5.41, 5.74) is 0.792. The number of carbonyl (C=O) groups is 2. The molecule has 0 spiro atoms. The highest BCUT2D eigenvalue weighted by molar-refractivity contribution is 6.21. The summed E-state index contributed by atoms with van der Waals surface area (Å²) in [7, 11) is 0. The van der Waals surface area contributed by atoms with E-state index in [1.54, 1.807) is 47.2 Å². The van der Waals surface area contributed by atoms with Crippen LogP contribution in [0.5, 0.6) is 5.75 Å². The summed E-state index contributed by atoms with van der Waals surface area (Å²) in [5, 5.41) is 1.44. The first-order valence-electron chi connectivity index (χ1n) is 9.71. The molecular formula is C23H22N2O4. The molecule has 29 heavy (non-hydrogen) atoms. The van der Waals surface area contributed by atoms with Gasteiger partial charge in [-0.05, 0) is 62.1 Å². The molecule has 1 aliphatic heterocycles. The number of imide groups is 1. The fourth-order valence-corrected chi connectivity index (χ4v) is 3.63. The number of amides is 2. The zero-order valence-electron chi connectivity index (χ0n) is 16.4. The van der Waals surface area contributed by atoms with E-state index in [4.69, 9.17) is 4.74 Å². The number of benzene rings is 2. The Morgan fingerprint density at radius 2 is 1.59 bits per heavy atom. The quantitative estimate of drug-likeness (QED) is 0.605. The number of fused-ring (bicyclic) bond motifs is 2. The molecule has 2 heterocycles. The zero-order valence-corrected chi connectivity index (χ0v) is 16.4. The van der Waals surface area contributed by atoms with Crippen LogP contribution in [0, 0.1) is 0 Å². The topological polar surface area (TPSA) is 68.6 Å². The largest absolute Gasteiger partial charge is 0.491 e. The number of ether oxygens (including phenoxy) is 1. The van der Waals surface area contributed by atoms with E-state index in [1.165, 1.54) is 4.90 Å². The lowest BCUT2D eigenvalue weighted by molar-refractivity contribution is 0.0650. The molecule has 1 aliphatic rings. The molecule has 0 N–H and O–H groups in total. The second-order valence-corrected chi connectivity index (χ2v) is 7.39. The highest BCUT2D eigenvalue weighted by Crippen LogP contribution is 2.23. The zero-order chi connectivity index (χ0) is 20.5. The fraction of sp³-hybridized carbons (Fsp3) is 0.261. The van der Waals surface area contributed by atoms with Crippen LogP contribution in [0.25, 0.3) is 10.8 Å². The molecule has 0 saturated carbocycles. The van der Waals surface area contributed by atoms with Crippen LogP contribution in [-0.2, 0) is 6.54 Å². The van der Waals surface area contributed by atoms with Gasteiger partial charge in [0, 0.05) is 24.7 Å². The third-order valence-electron chi connectivity index (χ3n) is 4.98. The standard InChI is InChI=1S/C23H22N2O4/c1-15(2)29-17-8-9-18-16(14-17)10-13-24(21(18)26)11-5-12-25-22(27)19-6-3-4-7-20(19)23(25)28/h3-4,6-10,13-15H,5,11-12H2,1-2H3. The first-order valence-corrected chi connectivity index (χ1v) is 9.71. The van der Waals surface area contributed by atoms with E-state index in [1.807, 2.05) is 26.0 Å². The molecule has 6 nitrogen and oxygen atoms in total. The molecule has 3 aromatic rings. The Labute approximate surface area is 168 Å². The van der Waals surface area contributed by atoms with Crippen LogP contribution in [-0.4, -0.2) is 33.9 Å². The molecule has 0 radical (unpaired) electrons. The highest BCUT2D eigenvalue weighted by atomic mass is 16.5. The van der Waals surface area contributed by atoms with Crippen molar-refractivity contribution < 1.29 is 14.3 Å². The van der Waals surface area contributed by atoms with Crippen molar-refractivity contribution in [3.63, 3.8) is 0 Å². The van der Waals surface area contributed by atoms with Gasteiger partial charge < -0.3 is 9.30 Å². The van der Waals surface area contributed by atoms with Crippen molar-refractivity contribution in [2.75, 3.05) is 6.54 Å². The number of carbonyl (C=O) groups excluding carboxylic acids is 2. The number of pyridine rings is 1. The normalized spacial score (nSPS) is 13.4. The molecule has 0 saturated heterocycles. The summed E-state index contributed by atoms with van der Waals surface area (Å²) in [4.78, 5) is 38.9. The van der Waals surface area contributed by atoms with Gasteiger partial charge in [0.1, 0.15) is 5.75 Å². The SMILES string of the molecule is CC(C)Oc1ccc2c(=O)n(CCCN3C(=O)c4ccccc4C3=O)ccc2c1. The number of rotatable bonds is 6. The van der Waals surface area contributed by atoms with Crippen LogP contribution >= 0.6 is 0 Å². The average Bonchev–Trinajstić information content (AvgIpc) is 2.94. The van der Waals surface area contributed by atoms with E-state index >= 15 is 0 Å². The van der Waals surface area contributed by atoms with E-state index in [9.17, 15) is 14.4 Å². The summed E-state index contributed by atoms with van der Waals surface area (Å²) in [6, 6.07) is 14.1. The van der Waals surface area contributed by atoms with Gasteiger partial charge in [0.25, 0.3) is 17.4 Å². The fourth-order valence-electron chi connectivity index (χ4n) is 3.63. The van der Waals surface area contributed by atoms with E-state index in [0.29, 0.717) is 29.5 Å². The maximum atomic E-state index is 12.8. The number of hydrogen-bond acceptors (Lipinski definition) is 4. The van der Waals surface area contributed by atoms with Gasteiger partial charge in [0.15, 0.2) is 0 Å². The molecule has 4 rings (SSSR count). The van der Waals surface area contributed by atoms with Gasteiger partial charge in [-0.2, -0.15) is 0 Å². The van der Waals surface area contributed by atoms with E-state index in [0.717, 1.165) is 11.1 Å². The van der Waals surface area contributed by atoms with Crippen LogP contribution < -0.4 is 10.3 Å². The van der Waals surface area contributed by atoms with Crippen LogP contribution in [0.2, 0.25) is 0 Å². The number of aromatic nitrogens is 1. The molecule has 2 amide bonds. The van der Waals surface area contributed by atoms with Gasteiger partial charge in [-0.3, -0.25) is 19.3 Å². The molecule has 0 aliphatic carbocycles. The third-order valence-corrected chi connectivity index (χ3v) is 4.98. The van der Waals surface area contributed by atoms with E-state index in [-0.39, 0.29) is 30.0 Å². The molecule has 0 bridgehead atoms. The second kappa shape index (κ2) is 7.54. The Balaban J connectivity index is 1.47. The van der Waals surface area contributed by atoms with Gasteiger partial charge in [0.05, 0.1) is 17.2 Å². The van der Waals surface area contributed by atoms with E-state index in [2.05, 4.69) is 0 Å². The van der Waals surface area contributed by atoms with Crippen molar-refractivity contribution in [2.24, 2.45) is 0 Å². The number of nitrogens with zero attached hydrogens (tertiary/aromatic N) is 2. The molecule has 6 heteroatoms. The Morgan fingerprint density at radius 3 is 2.24 bits per heavy atom. The Hall–Kier alpha value is -3.41. The maximum absolute atomic E-state index is 12.8. The maximum Gasteiger partial charge on any atom is 0.261 e. The highest BCUT2D eigenvalue weighted by Gasteiger charge is 2.34. The third kappa shape index (κ3) is 3.53. The van der Waals surface area contributed by atoms with E-state index < -0.39 is 0 Å². The van der Waals surface area contributed by atoms with Crippen molar-refractivity contribution in [1.82, 2.24) is 9.47 Å². The van der Waals surface area contributed by atoms with Crippen molar-refractivity contribution in [3.8, 4) is 5.75 Å². The molecule has 0 atom stereocenters.